The third-order valence-electron chi connectivity index (χ3n) is 4.28. The highest BCUT2D eigenvalue weighted by Crippen LogP contribution is 2.23. The molecule has 0 unspecified atom stereocenters. The Balaban J connectivity index is 1.74. The van der Waals surface area contributed by atoms with Crippen LogP contribution in [0.4, 0.5) is 10.5 Å². The number of rotatable bonds is 6. The van der Waals surface area contributed by atoms with E-state index in [0.29, 0.717) is 29.6 Å². The number of carbonyl (C=O) groups is 1. The van der Waals surface area contributed by atoms with Crippen molar-refractivity contribution in [2.45, 2.75) is 19.9 Å². The molecule has 6 heteroatoms. The molecule has 1 N–H and O–H groups in total. The molecule has 0 aliphatic heterocycles. The first-order valence-corrected chi connectivity index (χ1v) is 10.2. The maximum Gasteiger partial charge on any atom is 0.322 e. The summed E-state index contributed by atoms with van der Waals surface area (Å²) in [6.07, 6.45) is 0.655. The fourth-order valence-electron chi connectivity index (χ4n) is 2.70. The largest absolute Gasteiger partial charge is 0.322 e. The standard InChI is InChI=1S/C21H20Cl2N2OS/c1-15-10-12-27-20(15)14-25(21(26)24-18-5-3-2-4-6-18)11-9-16-7-8-17(22)13-19(16)23/h2-8,10,12-13H,9,11,14H2,1H3,(H,24,26). The predicted molar refractivity (Wildman–Crippen MR) is 115 cm³/mol. The van der Waals surface area contributed by atoms with E-state index in [9.17, 15) is 4.79 Å². The molecule has 27 heavy (non-hydrogen) atoms. The van der Waals surface area contributed by atoms with E-state index >= 15 is 0 Å². The zero-order valence-corrected chi connectivity index (χ0v) is 17.2. The van der Waals surface area contributed by atoms with Crippen LogP contribution >= 0.6 is 34.5 Å². The number of thiophene rings is 1. The first-order chi connectivity index (χ1) is 13.0. The number of carbonyl (C=O) groups excluding carboxylic acids is 1. The van der Waals surface area contributed by atoms with Crippen molar-refractivity contribution >= 4 is 46.3 Å². The highest BCUT2D eigenvalue weighted by molar-refractivity contribution is 7.10. The minimum Gasteiger partial charge on any atom is -0.319 e. The molecule has 3 rings (SSSR count). The van der Waals surface area contributed by atoms with Gasteiger partial charge in [-0.15, -0.1) is 11.3 Å². The second-order valence-electron chi connectivity index (χ2n) is 6.23. The van der Waals surface area contributed by atoms with Gasteiger partial charge in [-0.05, 0) is 60.2 Å². The monoisotopic (exact) mass is 418 g/mol. The molecule has 3 nitrogen and oxygen atoms in total. The summed E-state index contributed by atoms with van der Waals surface area (Å²) in [7, 11) is 0. The van der Waals surface area contributed by atoms with Gasteiger partial charge in [-0.3, -0.25) is 0 Å². The van der Waals surface area contributed by atoms with Crippen molar-refractivity contribution < 1.29 is 4.79 Å². The average molecular weight is 419 g/mol. The van der Waals surface area contributed by atoms with E-state index in [1.165, 1.54) is 10.4 Å². The zero-order chi connectivity index (χ0) is 19.2. The minimum absolute atomic E-state index is 0.126. The fraction of sp³-hybridized carbons (Fsp3) is 0.190. The van der Waals surface area contributed by atoms with Crippen molar-refractivity contribution in [1.82, 2.24) is 4.90 Å². The number of nitrogens with one attached hydrogen (secondary N) is 1. The smallest absolute Gasteiger partial charge is 0.319 e. The van der Waals surface area contributed by atoms with Gasteiger partial charge in [-0.25, -0.2) is 4.79 Å². The Hall–Kier alpha value is -2.01. The van der Waals surface area contributed by atoms with Gasteiger partial charge in [0, 0.05) is 27.2 Å². The van der Waals surface area contributed by atoms with Crippen molar-refractivity contribution in [3.8, 4) is 0 Å². The number of para-hydroxylation sites is 1. The molecule has 1 heterocycles. The first-order valence-electron chi connectivity index (χ1n) is 8.61. The number of hydrogen-bond donors (Lipinski definition) is 1. The molecule has 2 amide bonds. The first kappa shape index (κ1) is 19.7. The lowest BCUT2D eigenvalue weighted by Gasteiger charge is -2.23. The summed E-state index contributed by atoms with van der Waals surface area (Å²) in [5, 5.41) is 6.25. The fourth-order valence-corrected chi connectivity index (χ4v) is 4.12. The van der Waals surface area contributed by atoms with E-state index in [1.54, 1.807) is 17.4 Å². The van der Waals surface area contributed by atoms with Crippen LogP contribution in [0.5, 0.6) is 0 Å². The molecule has 0 saturated heterocycles. The number of halogens is 2. The van der Waals surface area contributed by atoms with Gasteiger partial charge in [-0.2, -0.15) is 0 Å². The highest BCUT2D eigenvalue weighted by atomic mass is 35.5. The van der Waals surface area contributed by atoms with Crippen LogP contribution in [-0.2, 0) is 13.0 Å². The molecule has 0 atom stereocenters. The molecule has 0 aliphatic carbocycles. The second kappa shape index (κ2) is 9.27. The lowest BCUT2D eigenvalue weighted by Crippen LogP contribution is -2.36. The summed E-state index contributed by atoms with van der Waals surface area (Å²) in [6.45, 7) is 3.18. The van der Waals surface area contributed by atoms with Crippen LogP contribution in [0, 0.1) is 6.92 Å². The van der Waals surface area contributed by atoms with E-state index < -0.39 is 0 Å². The molecule has 3 aromatic rings. The van der Waals surface area contributed by atoms with Crippen molar-refractivity contribution in [2.24, 2.45) is 0 Å². The van der Waals surface area contributed by atoms with E-state index in [4.69, 9.17) is 23.2 Å². The van der Waals surface area contributed by atoms with Gasteiger partial charge in [0.25, 0.3) is 0 Å². The van der Waals surface area contributed by atoms with Gasteiger partial charge in [0.2, 0.25) is 0 Å². The molecule has 0 saturated carbocycles. The van der Waals surface area contributed by atoms with Crippen molar-refractivity contribution in [3.05, 3.63) is 86.0 Å². The Bertz CT molecular complexity index is 912. The lowest BCUT2D eigenvalue weighted by atomic mass is 10.1. The summed E-state index contributed by atoms with van der Waals surface area (Å²) in [4.78, 5) is 15.9. The molecule has 2 aromatic carbocycles. The molecule has 0 spiro atoms. The van der Waals surface area contributed by atoms with Crippen LogP contribution in [0.25, 0.3) is 0 Å². The Labute approximate surface area is 173 Å². The number of benzene rings is 2. The van der Waals surface area contributed by atoms with Crippen LogP contribution < -0.4 is 5.32 Å². The van der Waals surface area contributed by atoms with E-state index in [-0.39, 0.29) is 6.03 Å². The van der Waals surface area contributed by atoms with Gasteiger partial charge in [-0.1, -0.05) is 47.5 Å². The van der Waals surface area contributed by atoms with Gasteiger partial charge in [0.1, 0.15) is 0 Å². The number of amides is 2. The SMILES string of the molecule is Cc1ccsc1CN(CCc1ccc(Cl)cc1Cl)C(=O)Nc1ccccc1. The lowest BCUT2D eigenvalue weighted by molar-refractivity contribution is 0.210. The Morgan fingerprint density at radius 2 is 1.89 bits per heavy atom. The molecular weight excluding hydrogens is 399 g/mol. The number of nitrogens with zero attached hydrogens (tertiary/aromatic N) is 1. The topological polar surface area (TPSA) is 32.3 Å². The molecule has 140 valence electrons. The predicted octanol–water partition coefficient (Wildman–Crippen LogP) is 6.64. The zero-order valence-electron chi connectivity index (χ0n) is 14.9. The Morgan fingerprint density at radius 3 is 2.56 bits per heavy atom. The minimum atomic E-state index is -0.126. The van der Waals surface area contributed by atoms with Crippen molar-refractivity contribution in [3.63, 3.8) is 0 Å². The highest BCUT2D eigenvalue weighted by Gasteiger charge is 2.16. The van der Waals surface area contributed by atoms with Crippen LogP contribution in [-0.4, -0.2) is 17.5 Å². The molecular formula is C21H20Cl2N2OS. The summed E-state index contributed by atoms with van der Waals surface area (Å²) in [6, 6.07) is 16.9. The summed E-state index contributed by atoms with van der Waals surface area (Å²) in [5.74, 6) is 0. The summed E-state index contributed by atoms with van der Waals surface area (Å²) in [5.41, 5.74) is 2.95. The number of aryl methyl sites for hydroxylation is 1. The summed E-state index contributed by atoms with van der Waals surface area (Å²) >= 11 is 13.9. The quantitative estimate of drug-likeness (QED) is 0.477. The maximum absolute atomic E-state index is 12.9. The number of urea groups is 1. The Kier molecular flexibility index (Phi) is 6.78. The van der Waals surface area contributed by atoms with Crippen LogP contribution in [0.15, 0.2) is 60.0 Å². The van der Waals surface area contributed by atoms with E-state index in [1.807, 2.05) is 52.7 Å². The second-order valence-corrected chi connectivity index (χ2v) is 8.07. The van der Waals surface area contributed by atoms with Crippen LogP contribution in [0.1, 0.15) is 16.0 Å². The van der Waals surface area contributed by atoms with Crippen molar-refractivity contribution in [2.75, 3.05) is 11.9 Å². The molecule has 0 aliphatic rings. The molecule has 0 radical (unpaired) electrons. The number of hydrogen-bond acceptors (Lipinski definition) is 2. The molecule has 0 fully saturated rings. The van der Waals surface area contributed by atoms with E-state index in [0.717, 1.165) is 11.3 Å². The van der Waals surface area contributed by atoms with Crippen LogP contribution in [0.3, 0.4) is 0 Å². The van der Waals surface area contributed by atoms with E-state index in [2.05, 4.69) is 18.3 Å². The van der Waals surface area contributed by atoms with Gasteiger partial charge >= 0.3 is 6.03 Å². The third kappa shape index (κ3) is 5.48. The van der Waals surface area contributed by atoms with Gasteiger partial charge < -0.3 is 10.2 Å². The third-order valence-corrected chi connectivity index (χ3v) is 5.88. The summed E-state index contributed by atoms with van der Waals surface area (Å²) < 4.78 is 0. The van der Waals surface area contributed by atoms with Gasteiger partial charge in [0.05, 0.1) is 6.54 Å². The van der Waals surface area contributed by atoms with Gasteiger partial charge in [0.15, 0.2) is 0 Å². The van der Waals surface area contributed by atoms with Crippen molar-refractivity contribution in [1.29, 1.82) is 0 Å². The molecule has 0 bridgehead atoms. The maximum atomic E-state index is 12.9. The average Bonchev–Trinajstić information content (AvgIpc) is 3.05. The number of anilines is 1. The van der Waals surface area contributed by atoms with Crippen LogP contribution in [0.2, 0.25) is 10.0 Å². The molecule has 1 aromatic heterocycles. The Morgan fingerprint density at radius 1 is 1.11 bits per heavy atom. The normalized spacial score (nSPS) is 10.6.